The number of carbonyl (C=O) groups is 3. The maximum Gasteiger partial charge on any atom is 0.331 e. The molecule has 1 heterocycles. The third kappa shape index (κ3) is 4.03. The zero-order valence-electron chi connectivity index (χ0n) is 14.6. The summed E-state index contributed by atoms with van der Waals surface area (Å²) in [5.41, 5.74) is -0.0376. The van der Waals surface area contributed by atoms with Crippen LogP contribution in [0.15, 0.2) is 6.20 Å². The van der Waals surface area contributed by atoms with Crippen LogP contribution in [0.1, 0.15) is 63.0 Å². The molecule has 2 saturated carbocycles. The highest BCUT2D eigenvalue weighted by Crippen LogP contribution is 2.44. The highest BCUT2D eigenvalue weighted by Gasteiger charge is 2.53. The first-order valence-electron chi connectivity index (χ1n) is 9.05. The van der Waals surface area contributed by atoms with Crippen LogP contribution in [-0.2, 0) is 19.9 Å². The maximum atomic E-state index is 11.6. The van der Waals surface area contributed by atoms with E-state index in [9.17, 15) is 19.5 Å². The van der Waals surface area contributed by atoms with E-state index in [1.165, 1.54) is 4.68 Å². The number of carbonyl (C=O) groups excluding carboxylic acids is 1. The lowest BCUT2D eigenvalue weighted by atomic mass is 9.80. The molecular weight excluding hydrogens is 340 g/mol. The number of nitrogens with one attached hydrogen (secondary N) is 1. The molecule has 0 aromatic carbocycles. The van der Waals surface area contributed by atoms with Gasteiger partial charge >= 0.3 is 11.9 Å². The van der Waals surface area contributed by atoms with E-state index in [1.54, 1.807) is 6.20 Å². The van der Waals surface area contributed by atoms with Gasteiger partial charge in [-0.1, -0.05) is 5.21 Å². The molecule has 3 N–H and O–H groups in total. The van der Waals surface area contributed by atoms with Crippen LogP contribution >= 0.6 is 0 Å². The number of carboxylic acid groups (broad SMARTS) is 2. The summed E-state index contributed by atoms with van der Waals surface area (Å²) < 4.78 is 1.50. The zero-order valence-corrected chi connectivity index (χ0v) is 14.6. The van der Waals surface area contributed by atoms with E-state index in [2.05, 4.69) is 15.6 Å². The minimum Gasteiger partial charge on any atom is -0.481 e. The number of hydrogen-bond donors (Lipinski definition) is 3. The van der Waals surface area contributed by atoms with Crippen LogP contribution in [-0.4, -0.2) is 49.6 Å². The summed E-state index contributed by atoms with van der Waals surface area (Å²) in [6.07, 6.45) is 6.58. The fourth-order valence-corrected chi connectivity index (χ4v) is 3.56. The molecule has 1 amide bonds. The molecule has 0 radical (unpaired) electrons. The number of hydrogen-bond acceptors (Lipinski definition) is 5. The molecule has 142 valence electrons. The van der Waals surface area contributed by atoms with Gasteiger partial charge in [-0.05, 0) is 44.4 Å². The fraction of sp³-hybridized carbons (Fsp3) is 0.706. The highest BCUT2D eigenvalue weighted by molar-refractivity contribution is 5.80. The highest BCUT2D eigenvalue weighted by atomic mass is 16.4. The van der Waals surface area contributed by atoms with Gasteiger partial charge in [-0.15, -0.1) is 5.10 Å². The van der Waals surface area contributed by atoms with Crippen LogP contribution < -0.4 is 5.32 Å². The molecule has 2 aliphatic rings. The van der Waals surface area contributed by atoms with Crippen molar-refractivity contribution >= 4 is 17.8 Å². The summed E-state index contributed by atoms with van der Waals surface area (Å²) in [5, 5.41) is 28.9. The predicted molar refractivity (Wildman–Crippen MR) is 89.4 cm³/mol. The largest absolute Gasteiger partial charge is 0.481 e. The minimum atomic E-state index is -0.968. The Kier molecular flexibility index (Phi) is 5.24. The van der Waals surface area contributed by atoms with Crippen molar-refractivity contribution in [3.63, 3.8) is 0 Å². The second kappa shape index (κ2) is 7.43. The van der Waals surface area contributed by atoms with Gasteiger partial charge in [0.25, 0.3) is 0 Å². The molecule has 9 heteroatoms. The average Bonchev–Trinajstić information content (AvgIpc) is 3.29. The number of carboxylic acids is 2. The Morgan fingerprint density at radius 2 is 1.85 bits per heavy atom. The molecule has 0 saturated heterocycles. The lowest BCUT2D eigenvalue weighted by molar-refractivity contribution is -0.143. The molecule has 0 unspecified atom stereocenters. The van der Waals surface area contributed by atoms with E-state index >= 15 is 0 Å². The molecule has 2 fully saturated rings. The molecule has 26 heavy (non-hydrogen) atoms. The molecule has 0 aliphatic heterocycles. The maximum absolute atomic E-state index is 11.6. The van der Waals surface area contributed by atoms with Crippen molar-refractivity contribution in [3.8, 4) is 0 Å². The fourth-order valence-electron chi connectivity index (χ4n) is 3.56. The lowest BCUT2D eigenvalue weighted by Crippen LogP contribution is -2.31. The first kappa shape index (κ1) is 18.3. The van der Waals surface area contributed by atoms with Gasteiger partial charge in [0.1, 0.15) is 0 Å². The van der Waals surface area contributed by atoms with E-state index in [1.807, 2.05) is 0 Å². The summed E-state index contributed by atoms with van der Waals surface area (Å²) in [5.74, 6) is -1.39. The second-order valence-corrected chi connectivity index (χ2v) is 7.34. The Bertz CT molecular complexity index is 689. The Hall–Kier alpha value is -2.45. The molecule has 0 bridgehead atoms. The Morgan fingerprint density at radius 1 is 1.15 bits per heavy atom. The predicted octanol–water partition coefficient (Wildman–Crippen LogP) is 1.11. The van der Waals surface area contributed by atoms with Crippen LogP contribution in [0.4, 0.5) is 0 Å². The van der Waals surface area contributed by atoms with E-state index in [0.29, 0.717) is 25.3 Å². The molecular formula is C17H24N4O5. The van der Waals surface area contributed by atoms with Crippen LogP contribution in [0.5, 0.6) is 0 Å². The van der Waals surface area contributed by atoms with E-state index in [0.717, 1.165) is 31.4 Å². The third-order valence-electron chi connectivity index (χ3n) is 5.49. The second-order valence-electron chi connectivity index (χ2n) is 7.34. The van der Waals surface area contributed by atoms with Crippen molar-refractivity contribution < 1.29 is 24.6 Å². The Labute approximate surface area is 150 Å². The number of aliphatic carboxylic acids is 2. The topological polar surface area (TPSA) is 134 Å². The molecule has 3 rings (SSSR count). The van der Waals surface area contributed by atoms with Gasteiger partial charge in [0, 0.05) is 18.9 Å². The normalized spacial score (nSPS) is 24.0. The Balaban J connectivity index is 1.44. The first-order valence-corrected chi connectivity index (χ1v) is 9.05. The summed E-state index contributed by atoms with van der Waals surface area (Å²) in [6.45, 7) is 0.569. The molecule has 0 spiro atoms. The van der Waals surface area contributed by atoms with Crippen molar-refractivity contribution in [3.05, 3.63) is 11.9 Å². The van der Waals surface area contributed by atoms with Crippen LogP contribution in [0.2, 0.25) is 0 Å². The van der Waals surface area contributed by atoms with Crippen LogP contribution in [0, 0.1) is 5.92 Å². The molecule has 0 atom stereocenters. The van der Waals surface area contributed by atoms with Crippen molar-refractivity contribution in [1.29, 1.82) is 0 Å². The lowest BCUT2D eigenvalue weighted by Gasteiger charge is -2.27. The van der Waals surface area contributed by atoms with Crippen molar-refractivity contribution in [1.82, 2.24) is 20.3 Å². The molecule has 2 aliphatic carbocycles. The molecule has 1 aromatic heterocycles. The van der Waals surface area contributed by atoms with Gasteiger partial charge in [-0.2, -0.15) is 0 Å². The van der Waals surface area contributed by atoms with Gasteiger partial charge in [0.15, 0.2) is 5.54 Å². The SMILES string of the molecule is O=C(O)CCC(=O)NCC1CCC(c2cn(C3(C(=O)O)CC3)nn2)CC1. The summed E-state index contributed by atoms with van der Waals surface area (Å²) in [4.78, 5) is 33.4. The monoisotopic (exact) mass is 364 g/mol. The van der Waals surface area contributed by atoms with Crippen LogP contribution in [0.25, 0.3) is 0 Å². The van der Waals surface area contributed by atoms with Crippen LogP contribution in [0.3, 0.4) is 0 Å². The van der Waals surface area contributed by atoms with Gasteiger partial charge in [0.05, 0.1) is 18.3 Å². The Morgan fingerprint density at radius 3 is 2.42 bits per heavy atom. The smallest absolute Gasteiger partial charge is 0.331 e. The number of rotatable bonds is 8. The minimum absolute atomic E-state index is 0.0130. The number of amides is 1. The van der Waals surface area contributed by atoms with Gasteiger partial charge < -0.3 is 15.5 Å². The molecule has 9 nitrogen and oxygen atoms in total. The van der Waals surface area contributed by atoms with E-state index < -0.39 is 17.5 Å². The average molecular weight is 364 g/mol. The quantitative estimate of drug-likeness (QED) is 0.629. The zero-order chi connectivity index (χ0) is 18.7. The van der Waals surface area contributed by atoms with Gasteiger partial charge in [0.2, 0.25) is 5.91 Å². The third-order valence-corrected chi connectivity index (χ3v) is 5.49. The number of nitrogens with zero attached hydrogens (tertiary/aromatic N) is 3. The van der Waals surface area contributed by atoms with Gasteiger partial charge in [-0.25, -0.2) is 9.48 Å². The molecule has 1 aromatic rings. The standard InChI is InChI=1S/C17H24N4O5/c22-14(5-6-15(23)24)18-9-11-1-3-12(4-2-11)13-10-21(20-19-13)17(7-8-17)16(25)26/h10-12H,1-9H2,(H,18,22)(H,23,24)(H,25,26). The van der Waals surface area contributed by atoms with Crippen molar-refractivity contribution in [2.45, 2.75) is 62.8 Å². The number of aromatic nitrogens is 3. The van der Waals surface area contributed by atoms with Crippen molar-refractivity contribution in [2.75, 3.05) is 6.54 Å². The summed E-state index contributed by atoms with van der Waals surface area (Å²) in [7, 11) is 0. The summed E-state index contributed by atoms with van der Waals surface area (Å²) >= 11 is 0. The van der Waals surface area contributed by atoms with E-state index in [-0.39, 0.29) is 24.7 Å². The van der Waals surface area contributed by atoms with Crippen molar-refractivity contribution in [2.24, 2.45) is 5.92 Å². The first-order chi connectivity index (χ1) is 12.4. The summed E-state index contributed by atoms with van der Waals surface area (Å²) in [6, 6.07) is 0. The van der Waals surface area contributed by atoms with Gasteiger partial charge in [-0.3, -0.25) is 9.59 Å². The van der Waals surface area contributed by atoms with E-state index in [4.69, 9.17) is 5.11 Å².